The average molecular weight is 363 g/mol. The molecule has 8 heteroatoms. The van der Waals surface area contributed by atoms with Crippen LogP contribution >= 0.6 is 0 Å². The number of hydrogen-bond acceptors (Lipinski definition) is 6. The van der Waals surface area contributed by atoms with E-state index in [0.29, 0.717) is 12.1 Å². The maximum absolute atomic E-state index is 12.3. The van der Waals surface area contributed by atoms with Gasteiger partial charge in [-0.1, -0.05) is 6.07 Å². The summed E-state index contributed by atoms with van der Waals surface area (Å²) in [5.41, 5.74) is 2.73. The van der Waals surface area contributed by atoms with Crippen molar-refractivity contribution >= 4 is 5.91 Å². The zero-order chi connectivity index (χ0) is 18.5. The van der Waals surface area contributed by atoms with E-state index in [-0.39, 0.29) is 11.8 Å². The first-order valence-electron chi connectivity index (χ1n) is 8.96. The largest absolute Gasteiger partial charge is 0.352 e. The molecule has 4 rings (SSSR count). The van der Waals surface area contributed by atoms with Gasteiger partial charge in [0.25, 0.3) is 5.91 Å². The van der Waals surface area contributed by atoms with E-state index >= 15 is 0 Å². The Bertz CT molecular complexity index is 881. The van der Waals surface area contributed by atoms with Gasteiger partial charge in [0.2, 0.25) is 0 Å². The van der Waals surface area contributed by atoms with Crippen LogP contribution in [0.2, 0.25) is 0 Å². The third kappa shape index (κ3) is 4.35. The summed E-state index contributed by atoms with van der Waals surface area (Å²) in [5, 5.41) is 14.9. The van der Waals surface area contributed by atoms with Crippen LogP contribution in [0.25, 0.3) is 0 Å². The van der Waals surface area contributed by atoms with Gasteiger partial charge in [0.05, 0.1) is 29.3 Å². The molecule has 0 saturated carbocycles. The number of hydrogen-bond donors (Lipinski definition) is 1. The second-order valence-corrected chi connectivity index (χ2v) is 6.70. The number of carbonyl (C=O) groups is 1. The van der Waals surface area contributed by atoms with Crippen LogP contribution in [0.1, 0.15) is 21.7 Å². The van der Waals surface area contributed by atoms with Gasteiger partial charge in [-0.05, 0) is 24.3 Å². The van der Waals surface area contributed by atoms with E-state index < -0.39 is 0 Å². The van der Waals surface area contributed by atoms with Gasteiger partial charge in [0.1, 0.15) is 0 Å². The molecule has 1 atom stereocenters. The highest BCUT2D eigenvalue weighted by Gasteiger charge is 2.23. The molecule has 0 spiro atoms. The lowest BCUT2D eigenvalue weighted by molar-refractivity contribution is 0.0939. The predicted octanol–water partition coefficient (Wildman–Crippen LogP) is 1.13. The molecule has 3 aromatic heterocycles. The number of pyridine rings is 1. The number of nitrogens with one attached hydrogen (secondary N) is 1. The van der Waals surface area contributed by atoms with Gasteiger partial charge < -0.3 is 5.32 Å². The Balaban J connectivity index is 1.44. The van der Waals surface area contributed by atoms with Crippen LogP contribution in [-0.4, -0.2) is 48.9 Å². The number of amides is 1. The van der Waals surface area contributed by atoms with Crippen molar-refractivity contribution in [2.24, 2.45) is 5.92 Å². The summed E-state index contributed by atoms with van der Waals surface area (Å²) < 4.78 is 2.03. The zero-order valence-corrected chi connectivity index (χ0v) is 14.9. The van der Waals surface area contributed by atoms with E-state index in [1.807, 2.05) is 35.3 Å². The highest BCUT2D eigenvalue weighted by atomic mass is 16.1. The molecule has 0 fully saturated rings. The van der Waals surface area contributed by atoms with Gasteiger partial charge in [-0.15, -0.1) is 0 Å². The molecule has 4 heterocycles. The fourth-order valence-corrected chi connectivity index (χ4v) is 3.35. The quantitative estimate of drug-likeness (QED) is 0.731. The minimum atomic E-state index is -0.133. The van der Waals surface area contributed by atoms with Crippen molar-refractivity contribution in [2.45, 2.75) is 19.6 Å². The molecule has 1 amide bonds. The minimum Gasteiger partial charge on any atom is -0.352 e. The molecule has 1 N–H and O–H groups in total. The van der Waals surface area contributed by atoms with Gasteiger partial charge in [0, 0.05) is 51.0 Å². The lowest BCUT2D eigenvalue weighted by Crippen LogP contribution is -2.36. The lowest BCUT2D eigenvalue weighted by Gasteiger charge is -2.23. The highest BCUT2D eigenvalue weighted by molar-refractivity contribution is 5.93. The Labute approximate surface area is 157 Å². The van der Waals surface area contributed by atoms with Crippen LogP contribution in [0.3, 0.4) is 0 Å². The van der Waals surface area contributed by atoms with Crippen molar-refractivity contribution < 1.29 is 4.79 Å². The van der Waals surface area contributed by atoms with Crippen LogP contribution in [-0.2, 0) is 19.6 Å². The SMILES string of the molecule is O=C(NC[C@@H]1CN(Cc2ccccn2)Cc2ccnn2C1)c1ccnnc1. The van der Waals surface area contributed by atoms with Gasteiger partial charge >= 0.3 is 0 Å². The zero-order valence-electron chi connectivity index (χ0n) is 14.9. The van der Waals surface area contributed by atoms with E-state index in [9.17, 15) is 4.79 Å². The summed E-state index contributed by atoms with van der Waals surface area (Å²) in [4.78, 5) is 19.1. The molecule has 0 saturated heterocycles. The third-order valence-corrected chi connectivity index (χ3v) is 4.65. The van der Waals surface area contributed by atoms with Crippen molar-refractivity contribution in [3.63, 3.8) is 0 Å². The van der Waals surface area contributed by atoms with Crippen LogP contribution in [0.15, 0.2) is 55.1 Å². The average Bonchev–Trinajstić information content (AvgIpc) is 3.06. The van der Waals surface area contributed by atoms with Crippen LogP contribution in [0, 0.1) is 5.92 Å². The van der Waals surface area contributed by atoms with Crippen molar-refractivity contribution in [3.05, 3.63) is 72.1 Å². The predicted molar refractivity (Wildman–Crippen MR) is 98.4 cm³/mol. The summed E-state index contributed by atoms with van der Waals surface area (Å²) >= 11 is 0. The summed E-state index contributed by atoms with van der Waals surface area (Å²) in [6.07, 6.45) is 6.64. The van der Waals surface area contributed by atoms with Crippen LogP contribution in [0.4, 0.5) is 0 Å². The molecule has 3 aromatic rings. The number of carbonyl (C=O) groups excluding carboxylic acids is 1. The van der Waals surface area contributed by atoms with E-state index in [0.717, 1.165) is 31.9 Å². The standard InChI is InChI=1S/C19H21N7O/c27-19(16-4-7-22-23-10-16)21-9-15-11-25(13-17-3-1-2-6-20-17)14-18-5-8-24-26(18)12-15/h1-8,10,15H,9,11-14H2,(H,21,27)/t15-/m1/s1. The summed E-state index contributed by atoms with van der Waals surface area (Å²) in [6, 6.07) is 9.68. The summed E-state index contributed by atoms with van der Waals surface area (Å²) in [5.74, 6) is 0.111. The molecule has 8 nitrogen and oxygen atoms in total. The Morgan fingerprint density at radius 3 is 2.89 bits per heavy atom. The normalized spacial score (nSPS) is 17.1. The van der Waals surface area contributed by atoms with Gasteiger partial charge in [-0.3, -0.25) is 19.4 Å². The van der Waals surface area contributed by atoms with Gasteiger partial charge in [-0.25, -0.2) is 0 Å². The monoisotopic (exact) mass is 363 g/mol. The molecule has 1 aliphatic heterocycles. The smallest absolute Gasteiger partial charge is 0.252 e. The topological polar surface area (TPSA) is 88.8 Å². The fourth-order valence-electron chi connectivity index (χ4n) is 3.35. The molecule has 0 aromatic carbocycles. The molecule has 0 unspecified atom stereocenters. The molecule has 0 bridgehead atoms. The van der Waals surface area contributed by atoms with Crippen LogP contribution in [0.5, 0.6) is 0 Å². The summed E-state index contributed by atoms with van der Waals surface area (Å²) in [6.45, 7) is 3.78. The van der Waals surface area contributed by atoms with Crippen molar-refractivity contribution in [1.82, 2.24) is 35.2 Å². The molecule has 27 heavy (non-hydrogen) atoms. The Morgan fingerprint density at radius 2 is 2.07 bits per heavy atom. The molecule has 0 aliphatic carbocycles. The first-order chi connectivity index (χ1) is 13.3. The fraction of sp³-hybridized carbons (Fsp3) is 0.316. The molecule has 1 aliphatic rings. The Hall–Kier alpha value is -3.13. The lowest BCUT2D eigenvalue weighted by atomic mass is 10.1. The number of nitrogens with zero attached hydrogens (tertiary/aromatic N) is 6. The van der Waals surface area contributed by atoms with Crippen molar-refractivity contribution in [3.8, 4) is 0 Å². The second kappa shape index (κ2) is 8.05. The maximum atomic E-state index is 12.3. The van der Waals surface area contributed by atoms with Crippen LogP contribution < -0.4 is 5.32 Å². The van der Waals surface area contributed by atoms with Crippen molar-refractivity contribution in [1.29, 1.82) is 0 Å². The molecular weight excluding hydrogens is 342 g/mol. The van der Waals surface area contributed by atoms with E-state index in [2.05, 4.69) is 36.6 Å². The number of aromatic nitrogens is 5. The Morgan fingerprint density at radius 1 is 1.11 bits per heavy atom. The first-order valence-corrected chi connectivity index (χ1v) is 8.96. The maximum Gasteiger partial charge on any atom is 0.252 e. The molecule has 138 valence electrons. The highest BCUT2D eigenvalue weighted by Crippen LogP contribution is 2.17. The van der Waals surface area contributed by atoms with Crippen molar-refractivity contribution in [2.75, 3.05) is 13.1 Å². The van der Waals surface area contributed by atoms with Gasteiger partial charge in [0.15, 0.2) is 0 Å². The van der Waals surface area contributed by atoms with E-state index in [4.69, 9.17) is 0 Å². The minimum absolute atomic E-state index is 0.133. The third-order valence-electron chi connectivity index (χ3n) is 4.65. The van der Waals surface area contributed by atoms with Gasteiger partial charge in [-0.2, -0.15) is 15.3 Å². The summed E-state index contributed by atoms with van der Waals surface area (Å²) in [7, 11) is 0. The number of rotatable bonds is 5. The van der Waals surface area contributed by atoms with E-state index in [1.165, 1.54) is 18.1 Å². The van der Waals surface area contributed by atoms with E-state index in [1.54, 1.807) is 6.07 Å². The Kier molecular flexibility index (Phi) is 5.15. The molecule has 0 radical (unpaired) electrons. The first kappa shape index (κ1) is 17.3. The molecular formula is C19H21N7O. The second-order valence-electron chi connectivity index (χ2n) is 6.70. The number of fused-ring (bicyclic) bond motifs is 1.